The first-order valence-corrected chi connectivity index (χ1v) is 7.03. The fourth-order valence-corrected chi connectivity index (χ4v) is 3.56. The Hall–Kier alpha value is -1.47. The van der Waals surface area contributed by atoms with Crippen molar-refractivity contribution in [1.29, 1.82) is 0 Å². The molecule has 18 heavy (non-hydrogen) atoms. The molecule has 0 atom stereocenters. The van der Waals surface area contributed by atoms with Crippen LogP contribution in [0.1, 0.15) is 12.8 Å². The Bertz CT molecular complexity index is 550. The summed E-state index contributed by atoms with van der Waals surface area (Å²) in [5.41, 5.74) is -0.368. The lowest BCUT2D eigenvalue weighted by Gasteiger charge is -2.25. The first-order valence-electron chi connectivity index (χ1n) is 5.59. The van der Waals surface area contributed by atoms with E-state index in [2.05, 4.69) is 0 Å². The van der Waals surface area contributed by atoms with E-state index >= 15 is 0 Å². The molecule has 0 aromatic heterocycles. The highest BCUT2D eigenvalue weighted by Gasteiger charge is 2.31. The predicted molar refractivity (Wildman–Crippen MR) is 65.4 cm³/mol. The van der Waals surface area contributed by atoms with Crippen molar-refractivity contribution in [3.8, 4) is 0 Å². The van der Waals surface area contributed by atoms with Crippen LogP contribution in [0.3, 0.4) is 0 Å². The van der Waals surface area contributed by atoms with Crippen LogP contribution in [0.4, 0.5) is 5.69 Å². The van der Waals surface area contributed by atoms with Crippen molar-refractivity contribution < 1.29 is 13.3 Å². The van der Waals surface area contributed by atoms with Crippen LogP contribution in [-0.4, -0.2) is 30.7 Å². The third-order valence-corrected chi connectivity index (χ3v) is 4.79. The Morgan fingerprint density at radius 2 is 1.78 bits per heavy atom. The molecule has 1 aromatic carbocycles. The maximum Gasteiger partial charge on any atom is 0.289 e. The highest BCUT2D eigenvalue weighted by molar-refractivity contribution is 7.89. The van der Waals surface area contributed by atoms with Gasteiger partial charge in [-0.25, -0.2) is 8.42 Å². The molecule has 0 N–H and O–H groups in total. The van der Waals surface area contributed by atoms with Gasteiger partial charge in [-0.15, -0.1) is 0 Å². The smallest absolute Gasteiger partial charge is 0.258 e. The molecule has 1 aromatic rings. The van der Waals surface area contributed by atoms with Crippen LogP contribution in [0.5, 0.6) is 0 Å². The van der Waals surface area contributed by atoms with Crippen molar-refractivity contribution in [2.75, 3.05) is 13.1 Å². The van der Waals surface area contributed by atoms with Gasteiger partial charge in [0.05, 0.1) is 4.92 Å². The Morgan fingerprint density at radius 3 is 2.39 bits per heavy atom. The zero-order valence-corrected chi connectivity index (χ0v) is 10.5. The van der Waals surface area contributed by atoms with Gasteiger partial charge in [0.15, 0.2) is 4.90 Å². The first kappa shape index (κ1) is 13.0. The van der Waals surface area contributed by atoms with Gasteiger partial charge in [0.2, 0.25) is 10.0 Å². The van der Waals surface area contributed by atoms with Crippen molar-refractivity contribution in [1.82, 2.24) is 4.31 Å². The average molecular weight is 269 g/mol. The van der Waals surface area contributed by atoms with Crippen molar-refractivity contribution in [2.24, 2.45) is 0 Å². The van der Waals surface area contributed by atoms with E-state index in [1.165, 1.54) is 28.6 Å². The van der Waals surface area contributed by atoms with E-state index in [0.717, 1.165) is 0 Å². The van der Waals surface area contributed by atoms with Gasteiger partial charge in [-0.3, -0.25) is 10.1 Å². The Morgan fingerprint density at radius 1 is 1.17 bits per heavy atom. The molecular formula is C11H13N2O4S. The molecule has 0 saturated carbocycles. The molecule has 0 aliphatic carbocycles. The van der Waals surface area contributed by atoms with E-state index in [1.54, 1.807) is 0 Å². The molecule has 97 valence electrons. The minimum Gasteiger partial charge on any atom is -0.258 e. The number of hydrogen-bond acceptors (Lipinski definition) is 4. The highest BCUT2D eigenvalue weighted by atomic mass is 32.2. The Kier molecular flexibility index (Phi) is 3.63. The summed E-state index contributed by atoms with van der Waals surface area (Å²) in [6.07, 6.45) is 3.38. The fraction of sp³-hybridized carbons (Fsp3) is 0.364. The minimum absolute atomic E-state index is 0.225. The first-order chi connectivity index (χ1) is 8.53. The molecule has 1 heterocycles. The van der Waals surface area contributed by atoms with Gasteiger partial charge < -0.3 is 0 Å². The molecule has 0 bridgehead atoms. The van der Waals surface area contributed by atoms with E-state index in [0.29, 0.717) is 25.9 Å². The van der Waals surface area contributed by atoms with Crippen LogP contribution in [-0.2, 0) is 10.0 Å². The lowest BCUT2D eigenvalue weighted by molar-refractivity contribution is -0.387. The van der Waals surface area contributed by atoms with Crippen LogP contribution < -0.4 is 0 Å². The van der Waals surface area contributed by atoms with Crippen LogP contribution in [0.2, 0.25) is 0 Å². The summed E-state index contributed by atoms with van der Waals surface area (Å²) >= 11 is 0. The minimum atomic E-state index is -3.77. The van der Waals surface area contributed by atoms with E-state index in [1.807, 2.05) is 6.42 Å². The van der Waals surface area contributed by atoms with Crippen LogP contribution >= 0.6 is 0 Å². The Labute approximate surface area is 105 Å². The largest absolute Gasteiger partial charge is 0.289 e. The second-order valence-corrected chi connectivity index (χ2v) is 5.90. The quantitative estimate of drug-likeness (QED) is 0.616. The number of sulfonamides is 1. The molecule has 2 rings (SSSR count). The monoisotopic (exact) mass is 269 g/mol. The topological polar surface area (TPSA) is 80.5 Å². The number of rotatable bonds is 3. The maximum absolute atomic E-state index is 12.3. The van der Waals surface area contributed by atoms with Crippen LogP contribution in [0, 0.1) is 16.5 Å². The predicted octanol–water partition coefficient (Wildman–Crippen LogP) is 1.58. The lowest BCUT2D eigenvalue weighted by Crippen LogP contribution is -2.36. The van der Waals surface area contributed by atoms with Crippen LogP contribution in [0.15, 0.2) is 29.2 Å². The number of benzene rings is 1. The molecule has 0 unspecified atom stereocenters. The zero-order chi connectivity index (χ0) is 13.2. The lowest BCUT2D eigenvalue weighted by atomic mass is 10.2. The van der Waals surface area contributed by atoms with Crippen LogP contribution in [0.25, 0.3) is 0 Å². The van der Waals surface area contributed by atoms with Crippen molar-refractivity contribution >= 4 is 15.7 Å². The van der Waals surface area contributed by atoms with Gasteiger partial charge in [0.1, 0.15) is 0 Å². The molecule has 1 aliphatic rings. The molecule has 1 saturated heterocycles. The van der Waals surface area contributed by atoms with Crippen molar-refractivity contribution in [3.05, 3.63) is 40.8 Å². The molecule has 0 spiro atoms. The average Bonchev–Trinajstić information content (AvgIpc) is 2.39. The third-order valence-electron chi connectivity index (χ3n) is 2.85. The molecule has 1 radical (unpaired) electrons. The fourth-order valence-electron chi connectivity index (χ4n) is 1.93. The standard InChI is InChI=1S/C11H13N2O4S/c14-13(15)10-6-2-3-7-11(10)18(16,17)12-8-4-1-5-9-12/h1-3,6-7H,4-5,8-9H2. The number of nitro groups is 1. The number of para-hydroxylation sites is 1. The number of nitro benzene ring substituents is 1. The van der Waals surface area contributed by atoms with E-state index < -0.39 is 14.9 Å². The molecule has 1 fully saturated rings. The van der Waals surface area contributed by atoms with E-state index in [4.69, 9.17) is 0 Å². The third kappa shape index (κ3) is 2.37. The van der Waals surface area contributed by atoms with E-state index in [-0.39, 0.29) is 10.6 Å². The number of hydrogen-bond donors (Lipinski definition) is 0. The molecule has 0 amide bonds. The summed E-state index contributed by atoms with van der Waals surface area (Å²) in [7, 11) is -3.77. The Balaban J connectivity index is 2.43. The van der Waals surface area contributed by atoms with Gasteiger partial charge in [-0.05, 0) is 25.3 Å². The second-order valence-electron chi connectivity index (χ2n) is 3.99. The second kappa shape index (κ2) is 5.03. The van der Waals surface area contributed by atoms with Crippen molar-refractivity contribution in [2.45, 2.75) is 17.7 Å². The summed E-state index contributed by atoms with van der Waals surface area (Å²) in [6.45, 7) is 0.767. The molecule has 7 heteroatoms. The highest BCUT2D eigenvalue weighted by Crippen LogP contribution is 2.27. The van der Waals surface area contributed by atoms with E-state index in [9.17, 15) is 18.5 Å². The SMILES string of the molecule is O=[N+]([O-])c1ccccc1S(=O)(=O)N1CC[CH]CC1. The van der Waals surface area contributed by atoms with Gasteiger partial charge in [-0.1, -0.05) is 12.1 Å². The summed E-state index contributed by atoms with van der Waals surface area (Å²) in [6, 6.07) is 5.45. The van der Waals surface area contributed by atoms with Gasteiger partial charge in [0, 0.05) is 19.2 Å². The van der Waals surface area contributed by atoms with Crippen molar-refractivity contribution in [3.63, 3.8) is 0 Å². The molecule has 1 aliphatic heterocycles. The summed E-state index contributed by atoms with van der Waals surface area (Å²) in [4.78, 5) is 9.98. The van der Waals surface area contributed by atoms with Gasteiger partial charge >= 0.3 is 0 Å². The normalized spacial score (nSPS) is 17.6. The van der Waals surface area contributed by atoms with Gasteiger partial charge in [-0.2, -0.15) is 4.31 Å². The summed E-state index contributed by atoms with van der Waals surface area (Å²) < 4.78 is 25.9. The summed E-state index contributed by atoms with van der Waals surface area (Å²) in [5, 5.41) is 10.9. The van der Waals surface area contributed by atoms with Gasteiger partial charge in [0.25, 0.3) is 5.69 Å². The zero-order valence-electron chi connectivity index (χ0n) is 9.65. The number of nitrogens with zero attached hydrogens (tertiary/aromatic N) is 2. The number of piperidine rings is 1. The summed E-state index contributed by atoms with van der Waals surface area (Å²) in [5.74, 6) is 0. The maximum atomic E-state index is 12.3. The molecule has 6 nitrogen and oxygen atoms in total. The molecular weight excluding hydrogens is 256 g/mol.